The van der Waals surface area contributed by atoms with Gasteiger partial charge in [0.2, 0.25) is 0 Å². The van der Waals surface area contributed by atoms with Crippen molar-refractivity contribution in [3.05, 3.63) is 23.5 Å². The van der Waals surface area contributed by atoms with Crippen molar-refractivity contribution in [2.75, 3.05) is 6.54 Å². The summed E-state index contributed by atoms with van der Waals surface area (Å²) in [5.41, 5.74) is 7.63. The average molecular weight is 303 g/mol. The molecule has 0 aliphatic rings. The van der Waals surface area contributed by atoms with Crippen LogP contribution < -0.4 is 11.1 Å². The van der Waals surface area contributed by atoms with Crippen molar-refractivity contribution >= 4 is 16.9 Å². The summed E-state index contributed by atoms with van der Waals surface area (Å²) in [6, 6.07) is 2.04. The summed E-state index contributed by atoms with van der Waals surface area (Å²) in [6.45, 7) is 10.2. The van der Waals surface area contributed by atoms with Crippen LogP contribution in [0.4, 0.5) is 0 Å². The zero-order valence-electron chi connectivity index (χ0n) is 14.0. The van der Waals surface area contributed by atoms with Crippen molar-refractivity contribution in [1.29, 1.82) is 0 Å². The van der Waals surface area contributed by atoms with Gasteiger partial charge in [-0.25, -0.2) is 9.67 Å². The molecule has 1 unspecified atom stereocenters. The van der Waals surface area contributed by atoms with Crippen molar-refractivity contribution in [2.24, 2.45) is 5.73 Å². The molecule has 22 heavy (non-hydrogen) atoms. The molecule has 2 heterocycles. The topological polar surface area (TPSA) is 85.8 Å². The monoisotopic (exact) mass is 303 g/mol. The molecular weight excluding hydrogens is 278 g/mol. The minimum atomic E-state index is -0.447. The fourth-order valence-electron chi connectivity index (χ4n) is 2.23. The first kappa shape index (κ1) is 16.4. The third-order valence-corrected chi connectivity index (χ3v) is 3.65. The first-order valence-electron chi connectivity index (χ1n) is 7.65. The zero-order valence-corrected chi connectivity index (χ0v) is 14.0. The lowest BCUT2D eigenvalue weighted by molar-refractivity contribution is 0.0947. The van der Waals surface area contributed by atoms with Gasteiger partial charge in [0.15, 0.2) is 5.65 Å². The van der Waals surface area contributed by atoms with Gasteiger partial charge in [0, 0.05) is 17.8 Å². The highest BCUT2D eigenvalue weighted by Gasteiger charge is 2.19. The number of nitrogens with one attached hydrogen (secondary N) is 1. The average Bonchev–Trinajstić information content (AvgIpc) is 2.85. The number of fused-ring (bicyclic) bond motifs is 1. The molecule has 0 fully saturated rings. The van der Waals surface area contributed by atoms with E-state index in [2.05, 4.69) is 29.2 Å². The van der Waals surface area contributed by atoms with Crippen molar-refractivity contribution in [1.82, 2.24) is 20.1 Å². The fourth-order valence-corrected chi connectivity index (χ4v) is 2.23. The molecule has 0 saturated carbocycles. The predicted molar refractivity (Wildman–Crippen MR) is 87.9 cm³/mol. The number of carbonyl (C=O) groups is 1. The molecule has 0 saturated heterocycles. The van der Waals surface area contributed by atoms with Crippen LogP contribution in [0.3, 0.4) is 0 Å². The van der Waals surface area contributed by atoms with E-state index in [0.29, 0.717) is 12.1 Å². The van der Waals surface area contributed by atoms with E-state index in [1.807, 2.05) is 25.5 Å². The quantitative estimate of drug-likeness (QED) is 0.886. The van der Waals surface area contributed by atoms with Crippen LogP contribution >= 0.6 is 0 Å². The van der Waals surface area contributed by atoms with Crippen LogP contribution in [0.5, 0.6) is 0 Å². The van der Waals surface area contributed by atoms with Crippen molar-refractivity contribution in [2.45, 2.75) is 52.6 Å². The Morgan fingerprint density at radius 2 is 2.18 bits per heavy atom. The van der Waals surface area contributed by atoms with Gasteiger partial charge in [0.25, 0.3) is 5.91 Å². The van der Waals surface area contributed by atoms with Gasteiger partial charge in [0.1, 0.15) is 0 Å². The van der Waals surface area contributed by atoms with E-state index in [4.69, 9.17) is 5.73 Å². The molecule has 3 N–H and O–H groups in total. The fraction of sp³-hybridized carbons (Fsp3) is 0.562. The molecule has 0 bridgehead atoms. The number of rotatable bonds is 5. The third-order valence-electron chi connectivity index (χ3n) is 3.65. The van der Waals surface area contributed by atoms with Gasteiger partial charge in [-0.3, -0.25) is 4.79 Å². The highest BCUT2D eigenvalue weighted by Crippen LogP contribution is 2.22. The number of aryl methyl sites for hydroxylation is 1. The van der Waals surface area contributed by atoms with Gasteiger partial charge in [-0.1, -0.05) is 6.92 Å². The molecule has 0 aromatic carbocycles. The van der Waals surface area contributed by atoms with E-state index in [1.165, 1.54) is 0 Å². The van der Waals surface area contributed by atoms with Gasteiger partial charge in [-0.05, 0) is 40.2 Å². The zero-order chi connectivity index (χ0) is 16.5. The lowest BCUT2D eigenvalue weighted by atomic mass is 10.1. The first-order chi connectivity index (χ1) is 10.2. The Labute approximate surface area is 131 Å². The summed E-state index contributed by atoms with van der Waals surface area (Å²) in [7, 11) is 0. The van der Waals surface area contributed by atoms with Crippen LogP contribution in [0.15, 0.2) is 12.3 Å². The Balaban J connectivity index is 2.42. The van der Waals surface area contributed by atoms with E-state index < -0.39 is 5.54 Å². The summed E-state index contributed by atoms with van der Waals surface area (Å²) in [5.74, 6) is -0.141. The van der Waals surface area contributed by atoms with Gasteiger partial charge in [-0.15, -0.1) is 0 Å². The van der Waals surface area contributed by atoms with E-state index in [1.54, 1.807) is 12.3 Å². The van der Waals surface area contributed by atoms with Gasteiger partial charge in [-0.2, -0.15) is 5.10 Å². The van der Waals surface area contributed by atoms with Crippen molar-refractivity contribution in [3.63, 3.8) is 0 Å². The molecule has 6 heteroatoms. The van der Waals surface area contributed by atoms with Crippen molar-refractivity contribution in [3.8, 4) is 0 Å². The molecule has 1 amide bonds. The number of nitrogens with zero attached hydrogens (tertiary/aromatic N) is 3. The summed E-state index contributed by atoms with van der Waals surface area (Å²) in [4.78, 5) is 17.0. The van der Waals surface area contributed by atoms with Crippen molar-refractivity contribution < 1.29 is 4.79 Å². The Kier molecular flexibility index (Phi) is 4.51. The van der Waals surface area contributed by atoms with Gasteiger partial charge in [0.05, 0.1) is 23.2 Å². The van der Waals surface area contributed by atoms with Crippen LogP contribution in [-0.2, 0) is 0 Å². The minimum Gasteiger partial charge on any atom is -0.350 e. The molecule has 0 aliphatic carbocycles. The molecule has 2 rings (SSSR count). The number of amides is 1. The second-order valence-electron chi connectivity index (χ2n) is 6.57. The number of hydrogen-bond donors (Lipinski definition) is 2. The maximum atomic E-state index is 12.5. The normalized spacial score (nSPS) is 13.4. The van der Waals surface area contributed by atoms with Crippen LogP contribution in [0, 0.1) is 6.92 Å². The first-order valence-corrected chi connectivity index (χ1v) is 7.65. The minimum absolute atomic E-state index is 0.141. The molecule has 2 aromatic rings. The highest BCUT2D eigenvalue weighted by molar-refractivity contribution is 6.05. The van der Waals surface area contributed by atoms with E-state index in [0.717, 1.165) is 23.1 Å². The number of carbonyl (C=O) groups excluding carboxylic acids is 1. The second-order valence-corrected chi connectivity index (χ2v) is 6.57. The largest absolute Gasteiger partial charge is 0.350 e. The van der Waals surface area contributed by atoms with E-state index >= 15 is 0 Å². The highest BCUT2D eigenvalue weighted by atomic mass is 16.1. The molecule has 6 nitrogen and oxygen atoms in total. The van der Waals surface area contributed by atoms with Crippen LogP contribution in [0.2, 0.25) is 0 Å². The number of pyridine rings is 1. The Morgan fingerprint density at radius 3 is 2.77 bits per heavy atom. The molecule has 1 atom stereocenters. The SMILES string of the molecule is CCC(C)n1ncc2c(C(=O)NCC(C)(C)N)cc(C)nc21. The molecule has 0 spiro atoms. The molecule has 0 aliphatic heterocycles. The van der Waals surface area contributed by atoms with E-state index in [9.17, 15) is 4.79 Å². The van der Waals surface area contributed by atoms with Gasteiger partial charge < -0.3 is 11.1 Å². The lowest BCUT2D eigenvalue weighted by Gasteiger charge is -2.19. The maximum Gasteiger partial charge on any atom is 0.252 e. The van der Waals surface area contributed by atoms with Crippen LogP contribution in [0.1, 0.15) is 56.2 Å². The molecule has 0 radical (unpaired) electrons. The second kappa shape index (κ2) is 6.04. The summed E-state index contributed by atoms with van der Waals surface area (Å²) >= 11 is 0. The van der Waals surface area contributed by atoms with Crippen LogP contribution in [0.25, 0.3) is 11.0 Å². The van der Waals surface area contributed by atoms with Crippen LogP contribution in [-0.4, -0.2) is 32.8 Å². The summed E-state index contributed by atoms with van der Waals surface area (Å²) in [5, 5.41) is 8.07. The lowest BCUT2D eigenvalue weighted by Crippen LogP contribution is -2.45. The predicted octanol–water partition coefficient (Wildman–Crippen LogP) is 2.18. The maximum absolute atomic E-state index is 12.5. The summed E-state index contributed by atoms with van der Waals surface area (Å²) in [6.07, 6.45) is 2.67. The standard InChI is InChI=1S/C16H25N5O/c1-6-11(3)21-14-13(8-19-21)12(7-10(2)20-14)15(22)18-9-16(4,5)17/h7-8,11H,6,9,17H2,1-5H3,(H,18,22). The number of aromatic nitrogens is 3. The number of hydrogen-bond acceptors (Lipinski definition) is 4. The smallest absolute Gasteiger partial charge is 0.252 e. The Morgan fingerprint density at radius 1 is 1.50 bits per heavy atom. The summed E-state index contributed by atoms with van der Waals surface area (Å²) < 4.78 is 1.88. The molecule has 120 valence electrons. The number of nitrogens with two attached hydrogens (primary N) is 1. The Hall–Kier alpha value is -1.95. The molecule has 2 aromatic heterocycles. The van der Waals surface area contributed by atoms with E-state index in [-0.39, 0.29) is 11.9 Å². The third kappa shape index (κ3) is 3.44. The molecular formula is C16H25N5O. The van der Waals surface area contributed by atoms with Gasteiger partial charge >= 0.3 is 0 Å². The Bertz CT molecular complexity index is 684.